The van der Waals surface area contributed by atoms with Gasteiger partial charge in [0.2, 0.25) is 5.72 Å². The lowest BCUT2D eigenvalue weighted by molar-refractivity contribution is -0.125. The molecule has 0 aromatic carbocycles. The summed E-state index contributed by atoms with van der Waals surface area (Å²) < 4.78 is 5.95. The molecule has 1 aliphatic rings. The highest BCUT2D eigenvalue weighted by molar-refractivity contribution is 5.00. The fourth-order valence-electron chi connectivity index (χ4n) is 1.94. The van der Waals surface area contributed by atoms with E-state index in [1.54, 1.807) is 0 Å². The molecule has 0 amide bonds. The molecule has 1 saturated heterocycles. The molecular formula is C9H11N5O6. The summed E-state index contributed by atoms with van der Waals surface area (Å²) in [5, 5.41) is 32.1. The third kappa shape index (κ3) is 2.09. The molecule has 0 radical (unpaired) electrons. The number of nitrogens with zero attached hydrogens (tertiary/aromatic N) is 4. The summed E-state index contributed by atoms with van der Waals surface area (Å²) in [6, 6.07) is 1.01. The van der Waals surface area contributed by atoms with Gasteiger partial charge in [-0.25, -0.2) is 4.79 Å². The van der Waals surface area contributed by atoms with Crippen molar-refractivity contribution in [3.63, 3.8) is 0 Å². The summed E-state index contributed by atoms with van der Waals surface area (Å²) in [6.45, 7) is -0.899. The summed E-state index contributed by atoms with van der Waals surface area (Å²) in [4.78, 5) is 26.9. The van der Waals surface area contributed by atoms with E-state index in [-0.39, 0.29) is 0 Å². The van der Waals surface area contributed by atoms with Gasteiger partial charge in [-0.1, -0.05) is 5.11 Å². The first-order valence-electron chi connectivity index (χ1n) is 5.48. The van der Waals surface area contributed by atoms with Crippen LogP contribution in [0.2, 0.25) is 0 Å². The van der Waals surface area contributed by atoms with Crippen molar-refractivity contribution in [3.8, 4) is 0 Å². The van der Waals surface area contributed by atoms with Crippen LogP contribution in [0, 0.1) is 0 Å². The lowest BCUT2D eigenvalue weighted by Crippen LogP contribution is -2.44. The highest BCUT2D eigenvalue weighted by Gasteiger charge is 2.54. The number of hydrogen-bond acceptors (Lipinski definition) is 7. The molecule has 2 unspecified atom stereocenters. The number of rotatable bonds is 3. The van der Waals surface area contributed by atoms with Crippen LogP contribution >= 0.6 is 0 Å². The summed E-state index contributed by atoms with van der Waals surface area (Å²) in [7, 11) is 0. The Kier molecular flexibility index (Phi) is 3.61. The van der Waals surface area contributed by atoms with Crippen LogP contribution in [0.15, 0.2) is 27.0 Å². The molecule has 0 saturated carbocycles. The van der Waals surface area contributed by atoms with Crippen molar-refractivity contribution >= 4 is 0 Å². The average molecular weight is 285 g/mol. The van der Waals surface area contributed by atoms with E-state index in [1.165, 1.54) is 0 Å². The van der Waals surface area contributed by atoms with Crippen LogP contribution in [0.5, 0.6) is 0 Å². The molecule has 0 bridgehead atoms. The fraction of sp³-hybridized carbons (Fsp3) is 0.556. The number of H-pyrrole nitrogens is 1. The lowest BCUT2D eigenvalue weighted by atomic mass is 10.1. The zero-order valence-corrected chi connectivity index (χ0v) is 9.95. The minimum Gasteiger partial charge on any atom is -0.393 e. The van der Waals surface area contributed by atoms with Gasteiger partial charge in [0.1, 0.15) is 12.2 Å². The number of aliphatic hydroxyl groups excluding tert-OH is 3. The van der Waals surface area contributed by atoms with Gasteiger partial charge in [-0.3, -0.25) is 14.3 Å². The molecule has 4 atom stereocenters. The number of aromatic amines is 1. The second-order valence-electron chi connectivity index (χ2n) is 4.15. The van der Waals surface area contributed by atoms with E-state index in [1.807, 2.05) is 4.98 Å². The van der Waals surface area contributed by atoms with Gasteiger partial charge in [-0.05, 0) is 5.53 Å². The summed E-state index contributed by atoms with van der Waals surface area (Å²) >= 11 is 0. The van der Waals surface area contributed by atoms with Crippen LogP contribution in [-0.4, -0.2) is 49.4 Å². The minimum atomic E-state index is -2.10. The van der Waals surface area contributed by atoms with Crippen LogP contribution in [0.25, 0.3) is 10.4 Å². The molecule has 2 rings (SSSR count). The Bertz CT molecular complexity index is 663. The standard InChI is InChI=1S/C9H11N5O6/c10-13-12-9(3-15)6(18)5(17)7(20-9)14-2-1-4(16)11-8(14)19/h1-2,5-7,15,17-18H,3H2,(H,11,16,19)/t5?,6-,7?,9-/m1/s1. The molecule has 1 aromatic rings. The maximum absolute atomic E-state index is 11.6. The lowest BCUT2D eigenvalue weighted by Gasteiger charge is -2.23. The third-order valence-electron chi connectivity index (χ3n) is 2.97. The van der Waals surface area contributed by atoms with Gasteiger partial charge in [0.15, 0.2) is 6.23 Å². The van der Waals surface area contributed by atoms with Crippen molar-refractivity contribution in [1.82, 2.24) is 9.55 Å². The van der Waals surface area contributed by atoms with Gasteiger partial charge >= 0.3 is 5.69 Å². The molecule has 1 fully saturated rings. The normalized spacial score (nSPS) is 32.9. The number of nitrogens with one attached hydrogen (secondary N) is 1. The van der Waals surface area contributed by atoms with Crippen molar-refractivity contribution in [3.05, 3.63) is 43.5 Å². The number of azide groups is 1. The molecular weight excluding hydrogens is 274 g/mol. The fourth-order valence-corrected chi connectivity index (χ4v) is 1.94. The molecule has 0 spiro atoms. The quantitative estimate of drug-likeness (QED) is 0.278. The van der Waals surface area contributed by atoms with Crippen LogP contribution in [0.3, 0.4) is 0 Å². The Morgan fingerprint density at radius 1 is 1.55 bits per heavy atom. The number of aromatic nitrogens is 2. The molecule has 20 heavy (non-hydrogen) atoms. The number of aliphatic hydroxyl groups is 3. The maximum Gasteiger partial charge on any atom is 0.330 e. The summed E-state index contributed by atoms with van der Waals surface area (Å²) in [6.07, 6.45) is -3.76. The first-order chi connectivity index (χ1) is 9.45. The molecule has 11 nitrogen and oxygen atoms in total. The second kappa shape index (κ2) is 5.07. The maximum atomic E-state index is 11.6. The van der Waals surface area contributed by atoms with Crippen LogP contribution in [0.4, 0.5) is 0 Å². The largest absolute Gasteiger partial charge is 0.393 e. The van der Waals surface area contributed by atoms with Gasteiger partial charge in [-0.2, -0.15) is 0 Å². The predicted molar refractivity (Wildman–Crippen MR) is 62.4 cm³/mol. The SMILES string of the molecule is [N-]=[N+]=N[C@]1(CO)OC(n2ccc(=O)[nH]c2=O)C(O)[C@H]1O. The topological polar surface area (TPSA) is 174 Å². The summed E-state index contributed by atoms with van der Waals surface area (Å²) in [5.41, 5.74) is 4.79. The molecule has 2 heterocycles. The Balaban J connectivity index is 2.47. The van der Waals surface area contributed by atoms with Crippen LogP contribution in [-0.2, 0) is 4.74 Å². The monoisotopic (exact) mass is 285 g/mol. The number of hydrogen-bond donors (Lipinski definition) is 4. The first kappa shape index (κ1) is 14.2. The zero-order valence-electron chi connectivity index (χ0n) is 9.95. The Morgan fingerprint density at radius 3 is 2.80 bits per heavy atom. The highest BCUT2D eigenvalue weighted by Crippen LogP contribution is 2.37. The van der Waals surface area contributed by atoms with Crippen molar-refractivity contribution in [2.45, 2.75) is 24.2 Å². The van der Waals surface area contributed by atoms with Crippen molar-refractivity contribution in [1.29, 1.82) is 0 Å². The molecule has 4 N–H and O–H groups in total. The van der Waals surface area contributed by atoms with E-state index < -0.39 is 42.0 Å². The molecule has 11 heteroatoms. The van der Waals surface area contributed by atoms with Gasteiger partial charge in [-0.15, -0.1) is 0 Å². The molecule has 108 valence electrons. The van der Waals surface area contributed by atoms with Gasteiger partial charge in [0.25, 0.3) is 5.56 Å². The molecule has 0 aliphatic carbocycles. The Hall–Kier alpha value is -2.17. The van der Waals surface area contributed by atoms with Crippen molar-refractivity contribution in [2.24, 2.45) is 5.11 Å². The van der Waals surface area contributed by atoms with E-state index in [2.05, 4.69) is 10.0 Å². The third-order valence-corrected chi connectivity index (χ3v) is 2.97. The van der Waals surface area contributed by atoms with Crippen LogP contribution < -0.4 is 11.2 Å². The van der Waals surface area contributed by atoms with E-state index in [0.717, 1.165) is 16.8 Å². The minimum absolute atomic E-state index is 0.650. The van der Waals surface area contributed by atoms with Crippen molar-refractivity contribution < 1.29 is 20.1 Å². The molecule has 1 aromatic heterocycles. The van der Waals surface area contributed by atoms with Gasteiger partial charge < -0.3 is 20.1 Å². The van der Waals surface area contributed by atoms with E-state index in [0.29, 0.717) is 0 Å². The first-order valence-corrected chi connectivity index (χ1v) is 5.48. The van der Waals surface area contributed by atoms with Crippen molar-refractivity contribution in [2.75, 3.05) is 6.61 Å². The Morgan fingerprint density at radius 2 is 2.25 bits per heavy atom. The smallest absolute Gasteiger partial charge is 0.330 e. The average Bonchev–Trinajstić information content (AvgIpc) is 2.65. The number of ether oxygens (including phenoxy) is 1. The van der Waals surface area contributed by atoms with E-state index in [4.69, 9.17) is 10.3 Å². The molecule has 1 aliphatic heterocycles. The second-order valence-corrected chi connectivity index (χ2v) is 4.15. The Labute approximate surface area is 110 Å². The zero-order chi connectivity index (χ0) is 14.9. The van der Waals surface area contributed by atoms with Gasteiger partial charge in [0, 0.05) is 17.2 Å². The predicted octanol–water partition coefficient (Wildman–Crippen LogP) is -2.21. The summed E-state index contributed by atoms with van der Waals surface area (Å²) in [5.74, 6) is 0. The van der Waals surface area contributed by atoms with E-state index in [9.17, 15) is 24.9 Å². The van der Waals surface area contributed by atoms with Crippen LogP contribution in [0.1, 0.15) is 6.23 Å². The van der Waals surface area contributed by atoms with Gasteiger partial charge in [0.05, 0.1) is 6.61 Å². The van der Waals surface area contributed by atoms with E-state index >= 15 is 0 Å². The highest BCUT2D eigenvalue weighted by atomic mass is 16.6.